The first kappa shape index (κ1) is 13.1. The highest BCUT2D eigenvalue weighted by Crippen LogP contribution is 2.31. The molecule has 0 spiro atoms. The van der Waals surface area contributed by atoms with E-state index >= 15 is 0 Å². The fourth-order valence-corrected chi connectivity index (χ4v) is 1.82. The van der Waals surface area contributed by atoms with E-state index in [0.717, 1.165) is 5.56 Å². The molecule has 0 N–H and O–H groups in total. The summed E-state index contributed by atoms with van der Waals surface area (Å²) >= 11 is 6.36. The molecule has 0 saturated heterocycles. The van der Waals surface area contributed by atoms with Gasteiger partial charge in [0.2, 0.25) is 0 Å². The van der Waals surface area contributed by atoms with Gasteiger partial charge < -0.3 is 4.74 Å². The standard InChI is InChI=1S/C17H11ClO/c1-3-14-10-12-16(13-11-14)19-17(18,4-2)15-8-6-5-7-9-15/h1-2,5-13H. The number of hydrogen-bond acceptors (Lipinski definition) is 1. The molecule has 0 aromatic heterocycles. The molecule has 92 valence electrons. The summed E-state index contributed by atoms with van der Waals surface area (Å²) in [6.45, 7) is 0. The van der Waals surface area contributed by atoms with Crippen LogP contribution in [0.3, 0.4) is 0 Å². The van der Waals surface area contributed by atoms with Crippen molar-refractivity contribution in [3.05, 3.63) is 65.7 Å². The Kier molecular flexibility index (Phi) is 3.81. The first-order chi connectivity index (χ1) is 9.18. The molecule has 0 aliphatic carbocycles. The van der Waals surface area contributed by atoms with Crippen LogP contribution in [-0.2, 0) is 5.06 Å². The lowest BCUT2D eigenvalue weighted by molar-refractivity contribution is 0.221. The van der Waals surface area contributed by atoms with Crippen molar-refractivity contribution in [2.45, 2.75) is 5.06 Å². The molecule has 0 radical (unpaired) electrons. The van der Waals surface area contributed by atoms with E-state index < -0.39 is 5.06 Å². The summed E-state index contributed by atoms with van der Waals surface area (Å²) in [5.74, 6) is 5.57. The first-order valence-corrected chi connectivity index (χ1v) is 6.03. The highest BCUT2D eigenvalue weighted by molar-refractivity contribution is 6.25. The number of benzene rings is 2. The van der Waals surface area contributed by atoms with Gasteiger partial charge in [-0.15, -0.1) is 12.8 Å². The summed E-state index contributed by atoms with van der Waals surface area (Å²) in [6, 6.07) is 16.3. The minimum atomic E-state index is -1.32. The van der Waals surface area contributed by atoms with Crippen molar-refractivity contribution in [3.8, 4) is 30.4 Å². The fraction of sp³-hybridized carbons (Fsp3) is 0.0588. The molecular weight excluding hydrogens is 256 g/mol. The minimum Gasteiger partial charge on any atom is -0.457 e. The number of terminal acetylenes is 2. The van der Waals surface area contributed by atoms with E-state index in [4.69, 9.17) is 29.2 Å². The van der Waals surface area contributed by atoms with E-state index in [9.17, 15) is 0 Å². The van der Waals surface area contributed by atoms with Crippen LogP contribution in [-0.4, -0.2) is 0 Å². The van der Waals surface area contributed by atoms with Gasteiger partial charge in [0.1, 0.15) is 5.75 Å². The maximum Gasteiger partial charge on any atom is 0.270 e. The molecule has 0 amide bonds. The second-order valence-electron chi connectivity index (χ2n) is 3.88. The SMILES string of the molecule is C#Cc1ccc(OC(Cl)(C#C)c2ccccc2)cc1. The molecule has 0 bridgehead atoms. The predicted octanol–water partition coefficient (Wildman–Crippen LogP) is 3.77. The van der Waals surface area contributed by atoms with Crippen LogP contribution in [0.2, 0.25) is 0 Å². The van der Waals surface area contributed by atoms with Crippen molar-refractivity contribution in [2.75, 3.05) is 0 Å². The Morgan fingerprint density at radius 3 is 2.11 bits per heavy atom. The van der Waals surface area contributed by atoms with Gasteiger partial charge in [0, 0.05) is 11.1 Å². The molecule has 0 heterocycles. The maximum atomic E-state index is 6.36. The van der Waals surface area contributed by atoms with Gasteiger partial charge in [-0.2, -0.15) is 0 Å². The van der Waals surface area contributed by atoms with Gasteiger partial charge in [0.25, 0.3) is 5.06 Å². The first-order valence-electron chi connectivity index (χ1n) is 5.66. The molecule has 0 fully saturated rings. The zero-order valence-corrected chi connectivity index (χ0v) is 10.9. The molecule has 2 rings (SSSR count). The van der Waals surface area contributed by atoms with Crippen LogP contribution >= 0.6 is 11.6 Å². The van der Waals surface area contributed by atoms with Crippen molar-refractivity contribution < 1.29 is 4.74 Å². The van der Waals surface area contributed by atoms with Crippen LogP contribution < -0.4 is 4.74 Å². The smallest absolute Gasteiger partial charge is 0.270 e. The maximum absolute atomic E-state index is 6.36. The summed E-state index contributed by atoms with van der Waals surface area (Å²) in [4.78, 5) is 0. The van der Waals surface area contributed by atoms with Gasteiger partial charge in [0.05, 0.1) is 0 Å². The van der Waals surface area contributed by atoms with Crippen LogP contribution in [0.4, 0.5) is 0 Å². The fourth-order valence-electron chi connectivity index (χ4n) is 1.61. The van der Waals surface area contributed by atoms with Gasteiger partial charge in [-0.25, -0.2) is 0 Å². The van der Waals surface area contributed by atoms with Crippen LogP contribution in [0.25, 0.3) is 0 Å². The van der Waals surface area contributed by atoms with Crippen molar-refractivity contribution in [1.82, 2.24) is 0 Å². The van der Waals surface area contributed by atoms with E-state index in [0.29, 0.717) is 11.3 Å². The Hall–Kier alpha value is -2.35. The second-order valence-corrected chi connectivity index (χ2v) is 4.41. The lowest BCUT2D eigenvalue weighted by Crippen LogP contribution is -2.24. The third kappa shape index (κ3) is 2.91. The average molecular weight is 267 g/mol. The van der Waals surface area contributed by atoms with Gasteiger partial charge in [-0.1, -0.05) is 47.9 Å². The van der Waals surface area contributed by atoms with Gasteiger partial charge in [-0.05, 0) is 30.2 Å². The van der Waals surface area contributed by atoms with Crippen molar-refractivity contribution >= 4 is 11.6 Å². The molecule has 1 unspecified atom stereocenters. The van der Waals surface area contributed by atoms with Crippen molar-refractivity contribution in [2.24, 2.45) is 0 Å². The van der Waals surface area contributed by atoms with E-state index in [2.05, 4.69) is 11.8 Å². The second kappa shape index (κ2) is 5.53. The minimum absolute atomic E-state index is 0.566. The Labute approximate surface area is 118 Å². The number of halogens is 1. The van der Waals surface area contributed by atoms with Gasteiger partial charge in [0.15, 0.2) is 0 Å². The average Bonchev–Trinajstić information content (AvgIpc) is 2.49. The van der Waals surface area contributed by atoms with Crippen LogP contribution in [0, 0.1) is 24.7 Å². The Morgan fingerprint density at radius 1 is 0.947 bits per heavy atom. The molecular formula is C17H11ClO. The molecule has 2 heteroatoms. The highest BCUT2D eigenvalue weighted by atomic mass is 35.5. The topological polar surface area (TPSA) is 9.23 Å². The largest absolute Gasteiger partial charge is 0.457 e. The van der Waals surface area contributed by atoms with Gasteiger partial charge in [-0.3, -0.25) is 0 Å². The number of ether oxygens (including phenoxy) is 1. The highest BCUT2D eigenvalue weighted by Gasteiger charge is 2.29. The third-order valence-electron chi connectivity index (χ3n) is 2.61. The molecule has 2 aromatic carbocycles. The summed E-state index contributed by atoms with van der Waals surface area (Å²) in [7, 11) is 0. The Bertz CT molecular complexity index is 632. The lowest BCUT2D eigenvalue weighted by Gasteiger charge is -2.23. The molecule has 0 saturated carbocycles. The summed E-state index contributed by atoms with van der Waals surface area (Å²) < 4.78 is 5.70. The Balaban J connectivity index is 2.29. The van der Waals surface area contributed by atoms with Crippen LogP contribution in [0.15, 0.2) is 54.6 Å². The molecule has 1 atom stereocenters. The zero-order valence-electron chi connectivity index (χ0n) is 10.1. The number of hydrogen-bond donors (Lipinski definition) is 0. The van der Waals surface area contributed by atoms with E-state index in [1.807, 2.05) is 30.3 Å². The monoisotopic (exact) mass is 266 g/mol. The normalized spacial score (nSPS) is 12.8. The number of alkyl halides is 1. The quantitative estimate of drug-likeness (QED) is 0.607. The predicted molar refractivity (Wildman–Crippen MR) is 77.8 cm³/mol. The van der Waals surface area contributed by atoms with Gasteiger partial charge >= 0.3 is 0 Å². The molecule has 2 aromatic rings. The van der Waals surface area contributed by atoms with E-state index in [1.165, 1.54) is 0 Å². The summed E-state index contributed by atoms with van der Waals surface area (Å²) in [6.07, 6.45) is 10.8. The molecule has 0 aliphatic heterocycles. The summed E-state index contributed by atoms with van der Waals surface area (Å²) in [5, 5.41) is -1.32. The zero-order chi connectivity index (χ0) is 13.7. The van der Waals surface area contributed by atoms with E-state index in [-0.39, 0.29) is 0 Å². The van der Waals surface area contributed by atoms with Crippen LogP contribution in [0.5, 0.6) is 5.75 Å². The van der Waals surface area contributed by atoms with E-state index in [1.54, 1.807) is 24.3 Å². The van der Waals surface area contributed by atoms with Crippen molar-refractivity contribution in [3.63, 3.8) is 0 Å². The lowest BCUT2D eigenvalue weighted by atomic mass is 10.1. The van der Waals surface area contributed by atoms with Crippen LogP contribution in [0.1, 0.15) is 11.1 Å². The third-order valence-corrected chi connectivity index (χ3v) is 3.01. The Morgan fingerprint density at radius 2 is 1.58 bits per heavy atom. The number of rotatable bonds is 3. The summed E-state index contributed by atoms with van der Waals surface area (Å²) in [5.41, 5.74) is 1.48. The molecule has 0 aliphatic rings. The van der Waals surface area contributed by atoms with Crippen molar-refractivity contribution in [1.29, 1.82) is 0 Å². The molecule has 1 nitrogen and oxygen atoms in total. The molecule has 19 heavy (non-hydrogen) atoms.